The number of hydrogen-bond acceptors (Lipinski definition) is 10. The van der Waals surface area contributed by atoms with E-state index in [0.717, 1.165) is 21.6 Å². The standard InChI is InChI=1S/C32H33N9O5/c1-18-21(19-9-4-2-5-10-19)13-8-14-22(18)27(43)36-24-16-41-29(34)35-23(26-31(41,32(24,45)46)38-28(33)37-26)15-40-25(42)17-39(30(40)44)20-11-6-3-7-12-20/h2-14,23-24,26,45-46H,15-17H2,1H3,(H2,34,35)(H,36,43)(H3,33,37,38)/p+1/t23-,24?,26-,31-/m0/s1. The highest BCUT2D eigenvalue weighted by molar-refractivity contribution is 6.12. The number of carbonyl (C=O) groups excluding carboxylic acids is 3. The van der Waals surface area contributed by atoms with Gasteiger partial charge >= 0.3 is 12.0 Å². The van der Waals surface area contributed by atoms with Gasteiger partial charge in [-0.2, -0.15) is 0 Å². The Kier molecular flexibility index (Phi) is 6.72. The Hall–Kier alpha value is -5.47. The van der Waals surface area contributed by atoms with E-state index in [4.69, 9.17) is 11.5 Å². The Labute approximate surface area is 264 Å². The number of nitrogens with zero attached hydrogens (tertiary/aromatic N) is 4. The molecule has 3 aromatic carbocycles. The predicted molar refractivity (Wildman–Crippen MR) is 168 cm³/mol. The van der Waals surface area contributed by atoms with E-state index in [0.29, 0.717) is 11.3 Å². The molecule has 4 amide bonds. The molecular weight excluding hydrogens is 590 g/mol. The Morgan fingerprint density at radius 3 is 2.46 bits per heavy atom. The van der Waals surface area contributed by atoms with Crippen molar-refractivity contribution < 1.29 is 29.6 Å². The first-order valence-corrected chi connectivity index (χ1v) is 14.9. The SMILES string of the molecule is Cc1c(C(=O)NC2CN3C(N)=N[C@@H](CN4C(=O)CN(c5ccccc5)C4=O)[C@@H]4[NH+]=C(N)N[C@@]43C2(O)O)cccc1-c1ccccc1. The number of rotatable bonds is 6. The monoisotopic (exact) mass is 624 g/mol. The van der Waals surface area contributed by atoms with Crippen molar-refractivity contribution >= 4 is 35.5 Å². The number of nitrogens with two attached hydrogens (primary N) is 2. The van der Waals surface area contributed by atoms with E-state index >= 15 is 0 Å². The number of carbonyl (C=O) groups is 3. The molecule has 46 heavy (non-hydrogen) atoms. The van der Waals surface area contributed by atoms with Crippen LogP contribution in [0.5, 0.6) is 0 Å². The lowest BCUT2D eigenvalue weighted by molar-refractivity contribution is -0.521. The van der Waals surface area contributed by atoms with Gasteiger partial charge in [0, 0.05) is 11.3 Å². The molecule has 7 rings (SSSR count). The summed E-state index contributed by atoms with van der Waals surface area (Å²) < 4.78 is 0. The van der Waals surface area contributed by atoms with Gasteiger partial charge in [0.05, 0.1) is 13.1 Å². The van der Waals surface area contributed by atoms with Gasteiger partial charge in [-0.3, -0.25) is 35.0 Å². The Morgan fingerprint density at radius 1 is 1.04 bits per heavy atom. The second-order valence-electron chi connectivity index (χ2n) is 11.9. The number of aliphatic hydroxyl groups is 2. The minimum Gasteiger partial charge on any atom is -0.370 e. The average Bonchev–Trinajstić information content (AvgIpc) is 3.63. The van der Waals surface area contributed by atoms with E-state index in [1.54, 1.807) is 36.4 Å². The third-order valence-electron chi connectivity index (χ3n) is 9.35. The van der Waals surface area contributed by atoms with Gasteiger partial charge in [-0.05, 0) is 41.8 Å². The molecular formula is C32H34N9O5+. The van der Waals surface area contributed by atoms with Gasteiger partial charge in [0.1, 0.15) is 18.6 Å². The van der Waals surface area contributed by atoms with Crippen LogP contribution in [0.15, 0.2) is 83.9 Å². The fourth-order valence-corrected chi connectivity index (χ4v) is 7.09. The maximum Gasteiger partial charge on any atom is 0.343 e. The predicted octanol–water partition coefficient (Wildman–Crippen LogP) is -2.01. The van der Waals surface area contributed by atoms with Crippen molar-refractivity contribution in [2.45, 2.75) is 36.5 Å². The summed E-state index contributed by atoms with van der Waals surface area (Å²) in [5.74, 6) is -3.66. The Balaban J connectivity index is 1.16. The van der Waals surface area contributed by atoms with Crippen molar-refractivity contribution in [1.29, 1.82) is 0 Å². The molecule has 4 atom stereocenters. The van der Waals surface area contributed by atoms with Crippen LogP contribution in [0, 0.1) is 6.92 Å². The number of amides is 4. The zero-order valence-corrected chi connectivity index (χ0v) is 24.9. The molecule has 14 heteroatoms. The van der Waals surface area contributed by atoms with Crippen LogP contribution in [0.3, 0.4) is 0 Å². The molecule has 4 aliphatic heterocycles. The maximum atomic E-state index is 13.7. The van der Waals surface area contributed by atoms with Crippen molar-refractivity contribution in [2.75, 3.05) is 24.5 Å². The highest BCUT2D eigenvalue weighted by Crippen LogP contribution is 2.41. The molecule has 1 unspecified atom stereocenters. The van der Waals surface area contributed by atoms with Crippen molar-refractivity contribution in [3.05, 3.63) is 90.0 Å². The van der Waals surface area contributed by atoms with Crippen molar-refractivity contribution in [1.82, 2.24) is 20.4 Å². The number of nitrogens with one attached hydrogen (secondary N) is 3. The summed E-state index contributed by atoms with van der Waals surface area (Å²) in [4.78, 5) is 51.6. The number of anilines is 1. The summed E-state index contributed by atoms with van der Waals surface area (Å²) in [7, 11) is 0. The van der Waals surface area contributed by atoms with E-state index in [1.165, 1.54) is 9.80 Å². The van der Waals surface area contributed by atoms with Gasteiger partial charge < -0.3 is 21.3 Å². The Morgan fingerprint density at radius 2 is 1.74 bits per heavy atom. The van der Waals surface area contributed by atoms with Crippen molar-refractivity contribution in [3.8, 4) is 11.1 Å². The summed E-state index contributed by atoms with van der Waals surface area (Å²) in [6.07, 6.45) is 0. The van der Waals surface area contributed by atoms with E-state index < -0.39 is 47.4 Å². The first-order valence-electron chi connectivity index (χ1n) is 14.9. The topological polar surface area (TPSA) is 204 Å². The molecule has 14 nitrogen and oxygen atoms in total. The van der Waals surface area contributed by atoms with Gasteiger partial charge in [0.2, 0.25) is 5.79 Å². The van der Waals surface area contributed by atoms with Gasteiger partial charge in [-0.25, -0.2) is 15.1 Å². The molecule has 4 heterocycles. The third kappa shape index (κ3) is 4.29. The summed E-state index contributed by atoms with van der Waals surface area (Å²) in [6.45, 7) is 1.35. The number of guanidine groups is 2. The highest BCUT2D eigenvalue weighted by Gasteiger charge is 2.76. The zero-order chi connectivity index (χ0) is 32.4. The summed E-state index contributed by atoms with van der Waals surface area (Å²) in [5, 5.41) is 29.5. The molecule has 0 radical (unpaired) electrons. The number of imide groups is 1. The number of hydrogen-bond donors (Lipinski definition) is 7. The van der Waals surface area contributed by atoms with Gasteiger partial charge in [-0.1, -0.05) is 60.7 Å². The van der Waals surface area contributed by atoms with Crippen LogP contribution in [0.4, 0.5) is 10.5 Å². The summed E-state index contributed by atoms with van der Waals surface area (Å²) in [5.41, 5.74) is 14.3. The van der Waals surface area contributed by atoms with Crippen LogP contribution < -0.4 is 32.0 Å². The van der Waals surface area contributed by atoms with E-state index in [2.05, 4.69) is 20.6 Å². The average molecular weight is 625 g/mol. The van der Waals surface area contributed by atoms with Crippen molar-refractivity contribution in [2.24, 2.45) is 16.5 Å². The molecule has 0 aromatic heterocycles. The molecule has 2 saturated heterocycles. The largest absolute Gasteiger partial charge is 0.370 e. The molecule has 0 bridgehead atoms. The van der Waals surface area contributed by atoms with Crippen LogP contribution in [0.25, 0.3) is 11.1 Å². The molecule has 2 fully saturated rings. The molecule has 4 aliphatic rings. The highest BCUT2D eigenvalue weighted by atomic mass is 16.5. The first kappa shape index (κ1) is 29.3. The second kappa shape index (κ2) is 10.6. The van der Waals surface area contributed by atoms with Crippen LogP contribution in [0.1, 0.15) is 15.9 Å². The number of para-hydroxylation sites is 1. The van der Waals surface area contributed by atoms with E-state index in [9.17, 15) is 24.6 Å². The molecule has 0 aliphatic carbocycles. The van der Waals surface area contributed by atoms with Gasteiger partial charge in [-0.15, -0.1) is 0 Å². The van der Waals surface area contributed by atoms with Crippen molar-refractivity contribution in [3.63, 3.8) is 0 Å². The van der Waals surface area contributed by atoms with Gasteiger partial charge in [0.25, 0.3) is 17.5 Å². The number of benzene rings is 3. The molecule has 9 N–H and O–H groups in total. The van der Waals surface area contributed by atoms with E-state index in [1.807, 2.05) is 49.4 Å². The quantitative estimate of drug-likeness (QED) is 0.119. The smallest absolute Gasteiger partial charge is 0.343 e. The molecule has 236 valence electrons. The Bertz CT molecular complexity index is 1800. The lowest BCUT2D eigenvalue weighted by atomic mass is 9.84. The van der Waals surface area contributed by atoms with Crippen LogP contribution in [-0.4, -0.2) is 99.0 Å². The molecule has 1 spiro atoms. The van der Waals surface area contributed by atoms with E-state index in [-0.39, 0.29) is 31.6 Å². The van der Waals surface area contributed by atoms with Crippen LogP contribution >= 0.6 is 0 Å². The first-order chi connectivity index (χ1) is 22.0. The minimum atomic E-state index is -2.65. The van der Waals surface area contributed by atoms with Crippen LogP contribution in [-0.2, 0) is 4.79 Å². The lowest BCUT2D eigenvalue weighted by Gasteiger charge is -2.46. The minimum absolute atomic E-state index is 0.0146. The molecule has 3 aromatic rings. The molecule has 0 saturated carbocycles. The van der Waals surface area contributed by atoms with Gasteiger partial charge in [0.15, 0.2) is 12.0 Å². The fourth-order valence-electron chi connectivity index (χ4n) is 7.09. The number of aliphatic imine (C=N–C) groups is 1. The summed E-state index contributed by atoms with van der Waals surface area (Å²) >= 11 is 0. The zero-order valence-electron chi connectivity index (χ0n) is 24.9. The normalized spacial score (nSPS) is 26.3. The number of urea groups is 1. The maximum absolute atomic E-state index is 13.7. The fraction of sp³-hybridized carbons (Fsp3) is 0.281. The van der Waals surface area contributed by atoms with Crippen LogP contribution in [0.2, 0.25) is 0 Å². The second-order valence-corrected chi connectivity index (χ2v) is 11.9. The lowest BCUT2D eigenvalue weighted by Crippen LogP contribution is -2.90. The summed E-state index contributed by atoms with van der Waals surface area (Å²) in [6, 6.07) is 20.1. The third-order valence-corrected chi connectivity index (χ3v) is 9.35.